The van der Waals surface area contributed by atoms with E-state index >= 15 is 0 Å². The molecule has 4 nitrogen and oxygen atoms in total. The highest BCUT2D eigenvalue weighted by Gasteiger charge is 2.15. The first-order valence-electron chi connectivity index (χ1n) is 7.35. The molecule has 0 radical (unpaired) electrons. The van der Waals surface area contributed by atoms with E-state index in [1.165, 1.54) is 5.56 Å². The van der Waals surface area contributed by atoms with Gasteiger partial charge in [0.05, 0.1) is 13.2 Å². The highest BCUT2D eigenvalue weighted by Crippen LogP contribution is 2.33. The summed E-state index contributed by atoms with van der Waals surface area (Å²) in [6.45, 7) is 4.30. The molecule has 0 amide bonds. The first-order valence-corrected chi connectivity index (χ1v) is 7.35. The fourth-order valence-corrected chi connectivity index (χ4v) is 2.41. The van der Waals surface area contributed by atoms with Crippen molar-refractivity contribution in [1.82, 2.24) is 10.3 Å². The fraction of sp³-hybridized carbons (Fsp3) is 0.353. The number of rotatable bonds is 4. The molecule has 1 aliphatic rings. The lowest BCUT2D eigenvalue weighted by atomic mass is 10.1. The molecule has 0 saturated carbocycles. The second kappa shape index (κ2) is 6.59. The lowest BCUT2D eigenvalue weighted by Gasteiger charge is -2.16. The van der Waals surface area contributed by atoms with Crippen LogP contribution < -0.4 is 14.8 Å². The van der Waals surface area contributed by atoms with Crippen molar-refractivity contribution >= 4 is 0 Å². The van der Waals surface area contributed by atoms with Crippen LogP contribution in [0, 0.1) is 0 Å². The van der Waals surface area contributed by atoms with Gasteiger partial charge in [0.25, 0.3) is 0 Å². The Morgan fingerprint density at radius 3 is 2.95 bits per heavy atom. The minimum absolute atomic E-state index is 0.237. The number of aromatic nitrogens is 1. The Balaban J connectivity index is 1.71. The van der Waals surface area contributed by atoms with Crippen molar-refractivity contribution in [3.8, 4) is 11.5 Å². The first-order chi connectivity index (χ1) is 10.3. The minimum Gasteiger partial charge on any atom is -0.490 e. The van der Waals surface area contributed by atoms with E-state index in [9.17, 15) is 0 Å². The van der Waals surface area contributed by atoms with Crippen molar-refractivity contribution in [1.29, 1.82) is 0 Å². The van der Waals surface area contributed by atoms with Gasteiger partial charge in [0.1, 0.15) is 0 Å². The number of pyridine rings is 1. The predicted octanol–water partition coefficient (Wildman–Crippen LogP) is 3.09. The summed E-state index contributed by atoms with van der Waals surface area (Å²) < 4.78 is 11.6. The largest absolute Gasteiger partial charge is 0.490 e. The third kappa shape index (κ3) is 3.34. The zero-order valence-corrected chi connectivity index (χ0v) is 12.2. The minimum atomic E-state index is 0.237. The van der Waals surface area contributed by atoms with E-state index in [-0.39, 0.29) is 6.04 Å². The highest BCUT2D eigenvalue weighted by molar-refractivity contribution is 5.47. The van der Waals surface area contributed by atoms with Crippen molar-refractivity contribution in [2.45, 2.75) is 25.9 Å². The third-order valence-electron chi connectivity index (χ3n) is 3.64. The molecule has 0 bridgehead atoms. The Morgan fingerprint density at radius 2 is 2.10 bits per heavy atom. The molecule has 2 heterocycles. The van der Waals surface area contributed by atoms with Crippen LogP contribution >= 0.6 is 0 Å². The molecule has 4 heteroatoms. The normalized spacial score (nSPS) is 15.3. The van der Waals surface area contributed by atoms with Gasteiger partial charge < -0.3 is 14.8 Å². The van der Waals surface area contributed by atoms with Gasteiger partial charge in [-0.3, -0.25) is 4.98 Å². The van der Waals surface area contributed by atoms with E-state index in [1.807, 2.05) is 24.4 Å². The average molecular weight is 284 g/mol. The monoisotopic (exact) mass is 284 g/mol. The summed E-state index contributed by atoms with van der Waals surface area (Å²) in [7, 11) is 0. The molecule has 110 valence electrons. The summed E-state index contributed by atoms with van der Waals surface area (Å²) in [6, 6.07) is 10.3. The Morgan fingerprint density at radius 1 is 1.19 bits per heavy atom. The van der Waals surface area contributed by atoms with E-state index in [2.05, 4.69) is 29.4 Å². The molecule has 0 saturated heterocycles. The van der Waals surface area contributed by atoms with Crippen LogP contribution in [-0.4, -0.2) is 18.2 Å². The quantitative estimate of drug-likeness (QED) is 0.937. The molecular weight excluding hydrogens is 264 g/mol. The topological polar surface area (TPSA) is 43.4 Å². The Hall–Kier alpha value is -2.07. The van der Waals surface area contributed by atoms with Gasteiger partial charge in [-0.15, -0.1) is 0 Å². The zero-order chi connectivity index (χ0) is 14.5. The van der Waals surface area contributed by atoms with Crippen molar-refractivity contribution in [2.24, 2.45) is 0 Å². The van der Waals surface area contributed by atoms with Crippen LogP contribution in [0.3, 0.4) is 0 Å². The molecule has 0 aliphatic carbocycles. The average Bonchev–Trinajstić information content (AvgIpc) is 2.79. The van der Waals surface area contributed by atoms with Gasteiger partial charge in [0, 0.05) is 37.0 Å². The highest BCUT2D eigenvalue weighted by atomic mass is 16.5. The number of benzene rings is 1. The Bertz CT molecular complexity index is 587. The molecule has 0 fully saturated rings. The molecule has 3 rings (SSSR count). The van der Waals surface area contributed by atoms with Gasteiger partial charge in [-0.1, -0.05) is 18.2 Å². The molecule has 0 unspecified atom stereocenters. The molecule has 2 aromatic rings. The summed E-state index contributed by atoms with van der Waals surface area (Å²) in [6.07, 6.45) is 4.61. The number of nitrogens with zero attached hydrogens (tertiary/aromatic N) is 1. The van der Waals surface area contributed by atoms with E-state index in [4.69, 9.17) is 9.47 Å². The Labute approximate surface area is 125 Å². The Kier molecular flexibility index (Phi) is 4.36. The predicted molar refractivity (Wildman–Crippen MR) is 81.5 cm³/mol. The molecule has 1 atom stereocenters. The van der Waals surface area contributed by atoms with E-state index in [0.29, 0.717) is 6.61 Å². The van der Waals surface area contributed by atoms with Gasteiger partial charge in [0.15, 0.2) is 11.5 Å². The van der Waals surface area contributed by atoms with Crippen molar-refractivity contribution in [3.63, 3.8) is 0 Å². The van der Waals surface area contributed by atoms with Crippen LogP contribution in [0.4, 0.5) is 0 Å². The fourth-order valence-electron chi connectivity index (χ4n) is 2.41. The maximum absolute atomic E-state index is 5.84. The number of ether oxygens (including phenoxy) is 2. The zero-order valence-electron chi connectivity index (χ0n) is 12.2. The van der Waals surface area contributed by atoms with Gasteiger partial charge in [-0.2, -0.15) is 0 Å². The second-order valence-electron chi connectivity index (χ2n) is 5.18. The van der Waals surface area contributed by atoms with Crippen molar-refractivity contribution < 1.29 is 9.47 Å². The maximum Gasteiger partial charge on any atom is 0.165 e. The molecule has 0 spiro atoms. The van der Waals surface area contributed by atoms with Crippen LogP contribution in [0.1, 0.15) is 30.5 Å². The number of fused-ring (bicyclic) bond motifs is 1. The van der Waals surface area contributed by atoms with E-state index in [0.717, 1.165) is 36.6 Å². The molecular formula is C17H20N2O2. The van der Waals surface area contributed by atoms with Crippen LogP contribution in [0.25, 0.3) is 0 Å². The molecule has 1 aliphatic heterocycles. The smallest absolute Gasteiger partial charge is 0.165 e. The molecule has 1 aromatic carbocycles. The molecule has 1 aromatic heterocycles. The molecule has 1 N–H and O–H groups in total. The summed E-state index contributed by atoms with van der Waals surface area (Å²) in [5, 5.41) is 3.51. The SMILES string of the molecule is C[C@@H](NCc1cccc2c1OCCCO2)c1cccnc1. The van der Waals surface area contributed by atoms with E-state index < -0.39 is 0 Å². The summed E-state index contributed by atoms with van der Waals surface area (Å²) in [5.74, 6) is 1.72. The van der Waals surface area contributed by atoms with Gasteiger partial charge in [-0.25, -0.2) is 0 Å². The standard InChI is InChI=1S/C17H20N2O2/c1-13(14-6-3-8-18-11-14)19-12-15-5-2-7-16-17(15)21-10-4-9-20-16/h2-3,5-8,11,13,19H,4,9-10,12H2,1H3/t13-/m1/s1. The van der Waals surface area contributed by atoms with Crippen LogP contribution in [0.5, 0.6) is 11.5 Å². The molecule has 21 heavy (non-hydrogen) atoms. The van der Waals surface area contributed by atoms with Crippen molar-refractivity contribution in [3.05, 3.63) is 53.9 Å². The van der Waals surface area contributed by atoms with Crippen LogP contribution in [-0.2, 0) is 6.54 Å². The van der Waals surface area contributed by atoms with Crippen LogP contribution in [0.15, 0.2) is 42.7 Å². The van der Waals surface area contributed by atoms with Crippen LogP contribution in [0.2, 0.25) is 0 Å². The van der Waals surface area contributed by atoms with E-state index in [1.54, 1.807) is 6.20 Å². The van der Waals surface area contributed by atoms with Crippen molar-refractivity contribution in [2.75, 3.05) is 13.2 Å². The second-order valence-corrected chi connectivity index (χ2v) is 5.18. The van der Waals surface area contributed by atoms with Gasteiger partial charge in [0.2, 0.25) is 0 Å². The number of hydrogen-bond acceptors (Lipinski definition) is 4. The third-order valence-corrected chi connectivity index (χ3v) is 3.64. The van der Waals surface area contributed by atoms with Gasteiger partial charge >= 0.3 is 0 Å². The van der Waals surface area contributed by atoms with Gasteiger partial charge in [-0.05, 0) is 24.6 Å². The lowest BCUT2D eigenvalue weighted by Crippen LogP contribution is -2.18. The number of para-hydroxylation sites is 1. The number of hydrogen-bond donors (Lipinski definition) is 1. The summed E-state index contributed by atoms with van der Waals surface area (Å²) >= 11 is 0. The summed E-state index contributed by atoms with van der Waals surface area (Å²) in [5.41, 5.74) is 2.31. The summed E-state index contributed by atoms with van der Waals surface area (Å²) in [4.78, 5) is 4.16. The maximum atomic E-state index is 5.84. The lowest BCUT2D eigenvalue weighted by molar-refractivity contribution is 0.295. The first kappa shape index (κ1) is 13.9. The number of nitrogens with one attached hydrogen (secondary N) is 1.